The van der Waals surface area contributed by atoms with E-state index in [0.29, 0.717) is 105 Å². The molecule has 5 aromatic rings. The van der Waals surface area contributed by atoms with Crippen LogP contribution < -0.4 is 10.1 Å². The predicted molar refractivity (Wildman–Crippen MR) is 233 cm³/mol. The number of likely N-dealkylation sites (tertiary alicyclic amines) is 1. The Bertz CT molecular complexity index is 2580. The first-order chi connectivity index (χ1) is 30.9. The summed E-state index contributed by atoms with van der Waals surface area (Å²) in [5.41, 5.74) is 4.32. The highest BCUT2D eigenvalue weighted by atomic mass is 19.1. The SMILES string of the molecule is CC(C)(CCCCOc1ccc2c(c1)CN(C1CCC(=O)NC1=O)C2=O)C(=O)N1CCC(n2cc(-c3cnc4cccc(-c5cc(F)c(CN6CCOCC6)c(F)c5)c4n3)cn2)CC1. The summed E-state index contributed by atoms with van der Waals surface area (Å²) >= 11 is 0. The first-order valence-electron chi connectivity index (χ1n) is 22.2. The number of fused-ring (bicyclic) bond motifs is 2. The maximum atomic E-state index is 15.4. The molecule has 9 rings (SSSR count). The first kappa shape index (κ1) is 43.1. The average molecular weight is 875 g/mol. The van der Waals surface area contributed by atoms with Gasteiger partial charge in [-0.15, -0.1) is 0 Å². The van der Waals surface area contributed by atoms with Crippen molar-refractivity contribution in [3.63, 3.8) is 0 Å². The highest BCUT2D eigenvalue weighted by Gasteiger charge is 2.39. The van der Waals surface area contributed by atoms with Crippen LogP contribution in [0.5, 0.6) is 5.75 Å². The molecule has 3 saturated heterocycles. The van der Waals surface area contributed by atoms with Gasteiger partial charge in [0.1, 0.15) is 23.4 Å². The zero-order valence-electron chi connectivity index (χ0n) is 36.2. The molecule has 14 nitrogen and oxygen atoms in total. The van der Waals surface area contributed by atoms with E-state index >= 15 is 8.78 Å². The molecule has 4 aliphatic heterocycles. The number of nitrogens with one attached hydrogen (secondary N) is 1. The van der Waals surface area contributed by atoms with E-state index in [2.05, 4.69) is 15.4 Å². The minimum atomic E-state index is -0.662. The van der Waals surface area contributed by atoms with E-state index in [4.69, 9.17) is 14.5 Å². The zero-order chi connectivity index (χ0) is 44.5. The summed E-state index contributed by atoms with van der Waals surface area (Å²) in [6.45, 7) is 8.50. The average Bonchev–Trinajstić information content (AvgIpc) is 3.92. The lowest BCUT2D eigenvalue weighted by Gasteiger charge is -2.37. The van der Waals surface area contributed by atoms with Crippen LogP contribution >= 0.6 is 0 Å². The van der Waals surface area contributed by atoms with Gasteiger partial charge < -0.3 is 19.3 Å². The molecule has 2 aromatic heterocycles. The summed E-state index contributed by atoms with van der Waals surface area (Å²) in [6.07, 6.45) is 9.67. The van der Waals surface area contributed by atoms with Gasteiger partial charge in [-0.3, -0.25) is 39.1 Å². The van der Waals surface area contributed by atoms with Crippen LogP contribution in [-0.4, -0.2) is 110 Å². The Morgan fingerprint density at radius 2 is 1.70 bits per heavy atom. The van der Waals surface area contributed by atoms with Gasteiger partial charge in [-0.05, 0) is 86.1 Å². The lowest BCUT2D eigenvalue weighted by Crippen LogP contribution is -2.52. The van der Waals surface area contributed by atoms with Crippen molar-refractivity contribution in [3.8, 4) is 28.1 Å². The number of imide groups is 1. The minimum Gasteiger partial charge on any atom is -0.494 e. The quantitative estimate of drug-likeness (QED) is 0.103. The molecule has 0 saturated carbocycles. The number of carbonyl (C=O) groups excluding carboxylic acids is 4. The van der Waals surface area contributed by atoms with Gasteiger partial charge in [-0.1, -0.05) is 26.0 Å². The van der Waals surface area contributed by atoms with Gasteiger partial charge in [0.25, 0.3) is 5.91 Å². The lowest BCUT2D eigenvalue weighted by molar-refractivity contribution is -0.142. The summed E-state index contributed by atoms with van der Waals surface area (Å²) < 4.78 is 44.2. The van der Waals surface area contributed by atoms with E-state index in [-0.39, 0.29) is 42.3 Å². The normalized spacial score (nSPS) is 18.8. The Morgan fingerprint density at radius 1 is 0.922 bits per heavy atom. The molecule has 0 spiro atoms. The number of piperidine rings is 2. The number of ether oxygens (including phenoxy) is 2. The van der Waals surface area contributed by atoms with E-state index in [1.165, 1.54) is 17.0 Å². The van der Waals surface area contributed by atoms with Gasteiger partial charge in [-0.25, -0.2) is 13.8 Å². The van der Waals surface area contributed by atoms with Gasteiger partial charge >= 0.3 is 0 Å². The number of morpholine rings is 1. The van der Waals surface area contributed by atoms with Crippen LogP contribution in [0.2, 0.25) is 0 Å². The van der Waals surface area contributed by atoms with Crippen molar-refractivity contribution in [2.24, 2.45) is 5.41 Å². The summed E-state index contributed by atoms with van der Waals surface area (Å²) in [6, 6.07) is 13.0. The molecular weight excluding hydrogens is 823 g/mol. The molecule has 1 unspecified atom stereocenters. The molecule has 6 heterocycles. The van der Waals surface area contributed by atoms with Crippen LogP contribution in [0.15, 0.2) is 67.1 Å². The Morgan fingerprint density at radius 3 is 2.47 bits per heavy atom. The number of hydrogen-bond donors (Lipinski definition) is 1. The van der Waals surface area contributed by atoms with Crippen molar-refractivity contribution < 1.29 is 37.4 Å². The Balaban J connectivity index is 0.759. The molecule has 3 aromatic carbocycles. The number of para-hydroxylation sites is 1. The number of nitrogens with zero attached hydrogens (tertiary/aromatic N) is 7. The summed E-state index contributed by atoms with van der Waals surface area (Å²) in [4.78, 5) is 65.8. The largest absolute Gasteiger partial charge is 0.494 e. The molecular formula is C48H52F2N8O6. The van der Waals surface area contributed by atoms with Crippen LogP contribution in [0.25, 0.3) is 33.4 Å². The summed E-state index contributed by atoms with van der Waals surface area (Å²) in [5, 5.41) is 7.01. The van der Waals surface area contributed by atoms with Crippen molar-refractivity contribution in [2.75, 3.05) is 46.0 Å². The number of rotatable bonds is 13. The van der Waals surface area contributed by atoms with Crippen molar-refractivity contribution in [3.05, 3.63) is 95.4 Å². The van der Waals surface area contributed by atoms with Crippen molar-refractivity contribution in [1.29, 1.82) is 0 Å². The third-order valence-corrected chi connectivity index (χ3v) is 13.1. The fraction of sp³-hybridized carbons (Fsp3) is 0.438. The fourth-order valence-corrected chi connectivity index (χ4v) is 9.34. The Labute approximate surface area is 369 Å². The highest BCUT2D eigenvalue weighted by molar-refractivity contribution is 6.05. The summed E-state index contributed by atoms with van der Waals surface area (Å²) in [5.74, 6) is -1.39. The van der Waals surface area contributed by atoms with Gasteiger partial charge in [0.05, 0.1) is 55.0 Å². The smallest absolute Gasteiger partial charge is 0.255 e. The van der Waals surface area contributed by atoms with Gasteiger partial charge in [0.2, 0.25) is 17.7 Å². The second-order valence-electron chi connectivity index (χ2n) is 17.9. The second kappa shape index (κ2) is 18.2. The molecule has 0 aliphatic carbocycles. The molecule has 4 amide bonds. The maximum Gasteiger partial charge on any atom is 0.255 e. The third-order valence-electron chi connectivity index (χ3n) is 13.1. The number of hydrogen-bond acceptors (Lipinski definition) is 10. The van der Waals surface area contributed by atoms with E-state index in [0.717, 1.165) is 36.8 Å². The Hall–Kier alpha value is -6.13. The number of benzene rings is 3. The maximum absolute atomic E-state index is 15.4. The van der Waals surface area contributed by atoms with Gasteiger partial charge in [-0.2, -0.15) is 5.10 Å². The number of carbonyl (C=O) groups is 4. The zero-order valence-corrected chi connectivity index (χ0v) is 36.2. The predicted octanol–water partition coefficient (Wildman–Crippen LogP) is 6.47. The van der Waals surface area contributed by atoms with Crippen LogP contribution in [0.3, 0.4) is 0 Å². The van der Waals surface area contributed by atoms with Crippen molar-refractivity contribution in [2.45, 2.75) is 84.0 Å². The van der Waals surface area contributed by atoms with E-state index in [1.54, 1.807) is 30.6 Å². The van der Waals surface area contributed by atoms with Gasteiger partial charge in [0, 0.05) is 79.6 Å². The molecule has 4 aliphatic rings. The van der Waals surface area contributed by atoms with Crippen molar-refractivity contribution in [1.82, 2.24) is 39.8 Å². The molecule has 334 valence electrons. The van der Waals surface area contributed by atoms with E-state index < -0.39 is 29.0 Å². The standard InChI is InChI=1S/C48H52F2N8O6/c1-48(2,14-3-4-19-64-34-8-9-36-31(22-34)27-57(46(36)61)42-10-11-43(59)54-45(42)60)47(62)56-15-12-33(13-16-56)58-28-32(25-52-58)41-26-51-40-7-5-6-35(44(40)53-41)30-23-38(49)37(39(50)24-30)29-55-17-20-63-21-18-55/h5-9,22-26,28,33,42H,3-4,10-21,27,29H2,1-2H3,(H,54,59,60). The Kier molecular flexibility index (Phi) is 12.2. The highest BCUT2D eigenvalue weighted by Crippen LogP contribution is 2.35. The van der Waals surface area contributed by atoms with Crippen LogP contribution in [-0.2, 0) is 32.2 Å². The molecule has 1 N–H and O–H groups in total. The topological polar surface area (TPSA) is 152 Å². The minimum absolute atomic E-state index is 0.0426. The molecule has 16 heteroatoms. The molecule has 3 fully saturated rings. The monoisotopic (exact) mass is 874 g/mol. The number of halogens is 2. The van der Waals surface area contributed by atoms with E-state index in [1.807, 2.05) is 52.7 Å². The number of amides is 4. The summed E-state index contributed by atoms with van der Waals surface area (Å²) in [7, 11) is 0. The van der Waals surface area contributed by atoms with Crippen LogP contribution in [0.1, 0.15) is 86.3 Å². The number of unbranched alkanes of at least 4 members (excludes halogenated alkanes) is 1. The van der Waals surface area contributed by atoms with Crippen molar-refractivity contribution >= 4 is 34.7 Å². The second-order valence-corrected chi connectivity index (χ2v) is 17.9. The molecule has 0 radical (unpaired) electrons. The molecule has 1 atom stereocenters. The lowest BCUT2D eigenvalue weighted by atomic mass is 9.85. The molecule has 64 heavy (non-hydrogen) atoms. The number of aromatic nitrogens is 4. The fourth-order valence-electron chi connectivity index (χ4n) is 9.34. The van der Waals surface area contributed by atoms with Gasteiger partial charge in [0.15, 0.2) is 0 Å². The van der Waals surface area contributed by atoms with Crippen LogP contribution in [0, 0.1) is 17.0 Å². The third kappa shape index (κ3) is 8.98. The first-order valence-corrected chi connectivity index (χ1v) is 22.2. The van der Waals surface area contributed by atoms with E-state index in [9.17, 15) is 19.2 Å². The van der Waals surface area contributed by atoms with Crippen LogP contribution in [0.4, 0.5) is 8.78 Å². The molecule has 0 bridgehead atoms.